The Balaban J connectivity index is 2.04. The maximum absolute atomic E-state index is 6.56. The van der Waals surface area contributed by atoms with Crippen molar-refractivity contribution >= 4 is 40.8 Å². The van der Waals surface area contributed by atoms with E-state index in [0.717, 1.165) is 27.4 Å². The average Bonchev–Trinajstić information content (AvgIpc) is 3.06. The normalized spacial score (nSPS) is 12.7. The van der Waals surface area contributed by atoms with Crippen LogP contribution in [0.1, 0.15) is 30.8 Å². The van der Waals surface area contributed by atoms with Gasteiger partial charge in [-0.3, -0.25) is 4.99 Å². The summed E-state index contributed by atoms with van der Waals surface area (Å²) in [6.07, 6.45) is 1.72. The molecule has 0 radical (unpaired) electrons. The molecule has 136 valence electrons. The Labute approximate surface area is 166 Å². The van der Waals surface area contributed by atoms with Gasteiger partial charge in [-0.25, -0.2) is 9.36 Å². The SMILES string of the molecule is Cc1nn(-c2ccccc2Cl)c(Cl)c1C=Nn1c(C)csc1=NC(C)C. The quantitative estimate of drug-likeness (QED) is 0.570. The number of benzene rings is 1. The summed E-state index contributed by atoms with van der Waals surface area (Å²) in [5, 5.41) is 12.2. The molecule has 2 heterocycles. The zero-order valence-electron chi connectivity index (χ0n) is 14.9. The van der Waals surface area contributed by atoms with Crippen LogP contribution in [-0.4, -0.2) is 26.7 Å². The van der Waals surface area contributed by atoms with Gasteiger partial charge in [-0.05, 0) is 39.8 Å². The molecule has 0 unspecified atom stereocenters. The van der Waals surface area contributed by atoms with Gasteiger partial charge in [0.25, 0.3) is 0 Å². The standard InChI is InChI=1S/C18H19Cl2N5S/c1-11(2)22-18-24(12(3)10-26-18)21-9-14-13(4)23-25(17(14)20)16-8-6-5-7-15(16)19/h5-11H,1-4H3. The van der Waals surface area contributed by atoms with E-state index in [0.29, 0.717) is 10.2 Å². The van der Waals surface area contributed by atoms with E-state index in [9.17, 15) is 0 Å². The topological polar surface area (TPSA) is 47.5 Å². The molecule has 0 bridgehead atoms. The van der Waals surface area contributed by atoms with Crippen LogP contribution in [0.3, 0.4) is 0 Å². The number of aryl methyl sites for hydroxylation is 2. The van der Waals surface area contributed by atoms with E-state index in [4.69, 9.17) is 23.2 Å². The van der Waals surface area contributed by atoms with Crippen molar-refractivity contribution in [2.45, 2.75) is 33.7 Å². The van der Waals surface area contributed by atoms with Gasteiger partial charge in [0.1, 0.15) is 5.15 Å². The smallest absolute Gasteiger partial charge is 0.206 e. The fourth-order valence-electron chi connectivity index (χ4n) is 2.39. The summed E-state index contributed by atoms with van der Waals surface area (Å²) < 4.78 is 3.44. The highest BCUT2D eigenvalue weighted by molar-refractivity contribution is 7.07. The minimum atomic E-state index is 0.197. The zero-order valence-corrected chi connectivity index (χ0v) is 17.3. The second kappa shape index (κ2) is 7.78. The van der Waals surface area contributed by atoms with Gasteiger partial charge in [-0.15, -0.1) is 11.3 Å². The summed E-state index contributed by atoms with van der Waals surface area (Å²) in [4.78, 5) is 5.45. The van der Waals surface area contributed by atoms with Gasteiger partial charge < -0.3 is 0 Å². The van der Waals surface area contributed by atoms with Crippen molar-refractivity contribution < 1.29 is 0 Å². The van der Waals surface area contributed by atoms with Crippen molar-refractivity contribution in [1.82, 2.24) is 14.5 Å². The molecule has 0 aliphatic rings. The molecule has 0 amide bonds. The molecule has 3 rings (SSSR count). The van der Waals surface area contributed by atoms with Gasteiger partial charge in [-0.2, -0.15) is 10.2 Å². The second-order valence-corrected chi connectivity index (χ2v) is 7.69. The molecule has 0 spiro atoms. The Morgan fingerprint density at radius 2 is 1.92 bits per heavy atom. The molecule has 1 aromatic carbocycles. The monoisotopic (exact) mass is 407 g/mol. The number of hydrogen-bond acceptors (Lipinski definition) is 4. The lowest BCUT2D eigenvalue weighted by Crippen LogP contribution is -2.14. The summed E-state index contributed by atoms with van der Waals surface area (Å²) in [7, 11) is 0. The van der Waals surface area contributed by atoms with Gasteiger partial charge in [-0.1, -0.05) is 35.3 Å². The number of aromatic nitrogens is 3. The number of para-hydroxylation sites is 1. The van der Waals surface area contributed by atoms with E-state index in [1.54, 1.807) is 22.2 Å². The van der Waals surface area contributed by atoms with E-state index < -0.39 is 0 Å². The lowest BCUT2D eigenvalue weighted by Gasteiger charge is -2.05. The highest BCUT2D eigenvalue weighted by Crippen LogP contribution is 2.26. The lowest BCUT2D eigenvalue weighted by atomic mass is 10.3. The van der Waals surface area contributed by atoms with Crippen molar-refractivity contribution in [2.24, 2.45) is 10.1 Å². The molecular weight excluding hydrogens is 389 g/mol. The molecule has 5 nitrogen and oxygen atoms in total. The Bertz CT molecular complexity index is 1030. The molecule has 3 aromatic rings. The average molecular weight is 408 g/mol. The Morgan fingerprint density at radius 3 is 2.62 bits per heavy atom. The molecule has 8 heteroatoms. The van der Waals surface area contributed by atoms with E-state index in [-0.39, 0.29) is 6.04 Å². The number of thiazole rings is 1. The first-order valence-electron chi connectivity index (χ1n) is 8.14. The van der Waals surface area contributed by atoms with Crippen LogP contribution in [-0.2, 0) is 0 Å². The van der Waals surface area contributed by atoms with Crippen LogP contribution in [0, 0.1) is 13.8 Å². The van der Waals surface area contributed by atoms with Crippen molar-refractivity contribution in [1.29, 1.82) is 0 Å². The van der Waals surface area contributed by atoms with Gasteiger partial charge in [0, 0.05) is 11.4 Å². The van der Waals surface area contributed by atoms with Crippen LogP contribution in [0.4, 0.5) is 0 Å². The third kappa shape index (κ3) is 3.77. The Morgan fingerprint density at radius 1 is 1.19 bits per heavy atom. The summed E-state index contributed by atoms with van der Waals surface area (Å²) in [5.41, 5.74) is 3.27. The van der Waals surface area contributed by atoms with Crippen LogP contribution in [0.25, 0.3) is 5.69 Å². The van der Waals surface area contributed by atoms with E-state index in [1.165, 1.54) is 0 Å². The Hall–Kier alpha value is -1.89. The van der Waals surface area contributed by atoms with Crippen molar-refractivity contribution in [3.8, 4) is 5.69 Å². The van der Waals surface area contributed by atoms with Crippen LogP contribution in [0.5, 0.6) is 0 Å². The third-order valence-electron chi connectivity index (χ3n) is 3.65. The van der Waals surface area contributed by atoms with Gasteiger partial charge in [0.05, 0.1) is 33.9 Å². The molecule has 0 saturated carbocycles. The van der Waals surface area contributed by atoms with Crippen LogP contribution in [0.2, 0.25) is 10.2 Å². The van der Waals surface area contributed by atoms with Gasteiger partial charge in [0.2, 0.25) is 4.80 Å². The maximum atomic E-state index is 6.56. The predicted octanol–water partition coefficient (Wildman–Crippen LogP) is 4.85. The predicted molar refractivity (Wildman–Crippen MR) is 109 cm³/mol. The summed E-state index contributed by atoms with van der Waals surface area (Å²) in [6, 6.07) is 7.64. The number of hydrogen-bond donors (Lipinski definition) is 0. The summed E-state index contributed by atoms with van der Waals surface area (Å²) in [6.45, 7) is 7.97. The van der Waals surface area contributed by atoms with Crippen LogP contribution in [0.15, 0.2) is 39.7 Å². The minimum Gasteiger partial charge on any atom is -0.255 e. The zero-order chi connectivity index (χ0) is 18.8. The van der Waals surface area contributed by atoms with Crippen molar-refractivity contribution in [3.63, 3.8) is 0 Å². The second-order valence-electron chi connectivity index (χ2n) is 6.09. The first-order chi connectivity index (χ1) is 12.4. The molecule has 0 aliphatic heterocycles. The van der Waals surface area contributed by atoms with Crippen LogP contribution >= 0.6 is 34.5 Å². The molecule has 0 fully saturated rings. The van der Waals surface area contributed by atoms with E-state index in [1.807, 2.05) is 62.0 Å². The molecular formula is C18H19Cl2N5S. The van der Waals surface area contributed by atoms with E-state index >= 15 is 0 Å². The molecule has 2 aromatic heterocycles. The van der Waals surface area contributed by atoms with Crippen LogP contribution < -0.4 is 4.80 Å². The Kier molecular flexibility index (Phi) is 5.65. The first-order valence-corrected chi connectivity index (χ1v) is 9.77. The number of halogens is 2. The third-order valence-corrected chi connectivity index (χ3v) is 5.28. The molecule has 0 N–H and O–H groups in total. The summed E-state index contributed by atoms with van der Waals surface area (Å²) in [5.74, 6) is 0. The van der Waals surface area contributed by atoms with Gasteiger partial charge in [0.15, 0.2) is 0 Å². The molecule has 0 saturated heterocycles. The number of nitrogens with zero attached hydrogens (tertiary/aromatic N) is 5. The maximum Gasteiger partial charge on any atom is 0.206 e. The fraction of sp³-hybridized carbons (Fsp3) is 0.278. The minimum absolute atomic E-state index is 0.197. The first kappa shape index (κ1) is 18.9. The fourth-order valence-corrected chi connectivity index (χ4v) is 3.86. The lowest BCUT2D eigenvalue weighted by molar-refractivity contribution is 0.738. The molecule has 26 heavy (non-hydrogen) atoms. The highest BCUT2D eigenvalue weighted by atomic mass is 35.5. The molecule has 0 atom stereocenters. The number of rotatable bonds is 4. The highest BCUT2D eigenvalue weighted by Gasteiger charge is 2.15. The van der Waals surface area contributed by atoms with Crippen molar-refractivity contribution in [3.05, 3.63) is 61.6 Å². The summed E-state index contributed by atoms with van der Waals surface area (Å²) >= 11 is 14.4. The molecule has 0 aliphatic carbocycles. The van der Waals surface area contributed by atoms with E-state index in [2.05, 4.69) is 15.2 Å². The van der Waals surface area contributed by atoms with Crippen molar-refractivity contribution in [2.75, 3.05) is 0 Å². The largest absolute Gasteiger partial charge is 0.255 e. The van der Waals surface area contributed by atoms with Gasteiger partial charge >= 0.3 is 0 Å².